The third-order valence-corrected chi connectivity index (χ3v) is 1.85. The van der Waals surface area contributed by atoms with E-state index in [0.717, 1.165) is 4.57 Å². The van der Waals surface area contributed by atoms with Crippen molar-refractivity contribution < 1.29 is 4.42 Å². The van der Waals surface area contributed by atoms with Crippen molar-refractivity contribution in [3.8, 4) is 0 Å². The lowest BCUT2D eigenvalue weighted by Gasteiger charge is -2.00. The summed E-state index contributed by atoms with van der Waals surface area (Å²) < 4.78 is 5.85. The fourth-order valence-electron chi connectivity index (χ4n) is 1.11. The van der Waals surface area contributed by atoms with Crippen LogP contribution in [0.25, 0.3) is 6.08 Å². The summed E-state index contributed by atoms with van der Waals surface area (Å²) in [5, 5.41) is 0. The van der Waals surface area contributed by atoms with Crippen LogP contribution in [0.1, 0.15) is 18.2 Å². The quantitative estimate of drug-likeness (QED) is 0.661. The van der Waals surface area contributed by atoms with Crippen LogP contribution in [0.5, 0.6) is 0 Å². The molecule has 0 saturated carbocycles. The molecular formula is C10H12N2O3. The van der Waals surface area contributed by atoms with E-state index in [2.05, 4.69) is 4.99 Å². The molecule has 0 fully saturated rings. The Morgan fingerprint density at radius 2 is 2.07 bits per heavy atom. The smallest absolute Gasteiger partial charge is 0.409 e. The molecule has 15 heavy (non-hydrogen) atoms. The number of aliphatic imine (C=N–C) groups is 1. The average molecular weight is 208 g/mol. The second-order valence-corrected chi connectivity index (χ2v) is 2.90. The van der Waals surface area contributed by atoms with Crippen molar-refractivity contribution in [1.82, 2.24) is 4.57 Å². The lowest BCUT2D eigenvalue weighted by atomic mass is 10.2. The van der Waals surface area contributed by atoms with E-state index in [1.165, 1.54) is 13.3 Å². The highest BCUT2D eigenvalue weighted by Crippen LogP contribution is 2.01. The minimum absolute atomic E-state index is 0.233. The van der Waals surface area contributed by atoms with Gasteiger partial charge in [0.15, 0.2) is 0 Å². The van der Waals surface area contributed by atoms with Crippen molar-refractivity contribution >= 4 is 12.3 Å². The molecule has 0 atom stereocenters. The van der Waals surface area contributed by atoms with Gasteiger partial charge in [0.2, 0.25) is 0 Å². The third-order valence-electron chi connectivity index (χ3n) is 1.85. The van der Waals surface area contributed by atoms with Crippen LogP contribution in [0, 0.1) is 0 Å². The molecule has 0 N–H and O–H groups in total. The Hall–Kier alpha value is -1.91. The van der Waals surface area contributed by atoms with E-state index in [9.17, 15) is 9.59 Å². The highest BCUT2D eigenvalue weighted by molar-refractivity contribution is 5.83. The number of allylic oxidation sites excluding steroid dienone is 1. The highest BCUT2D eigenvalue weighted by atomic mass is 16.4. The molecule has 0 amide bonds. The van der Waals surface area contributed by atoms with Gasteiger partial charge >= 0.3 is 5.76 Å². The SMILES string of the molecule is C/C=C\c1oc(=O)n(C)c(=O)c1C=NC. The number of hydrogen-bond acceptors (Lipinski definition) is 4. The fourth-order valence-corrected chi connectivity index (χ4v) is 1.11. The first kappa shape index (κ1) is 11.2. The second-order valence-electron chi connectivity index (χ2n) is 2.90. The van der Waals surface area contributed by atoms with E-state index in [0.29, 0.717) is 0 Å². The van der Waals surface area contributed by atoms with Gasteiger partial charge in [-0.05, 0) is 13.0 Å². The van der Waals surface area contributed by atoms with Crippen LogP contribution in [0.15, 0.2) is 25.1 Å². The summed E-state index contributed by atoms with van der Waals surface area (Å²) in [5.41, 5.74) is -0.136. The predicted octanol–water partition coefficient (Wildman–Crippen LogP) is 0.420. The van der Waals surface area contributed by atoms with Gasteiger partial charge in [-0.1, -0.05) is 6.08 Å². The van der Waals surface area contributed by atoms with Crippen molar-refractivity contribution in [2.24, 2.45) is 12.0 Å². The first-order valence-electron chi connectivity index (χ1n) is 4.40. The van der Waals surface area contributed by atoms with Gasteiger partial charge < -0.3 is 4.42 Å². The zero-order chi connectivity index (χ0) is 11.4. The number of aromatic nitrogens is 1. The van der Waals surface area contributed by atoms with Crippen LogP contribution in [0.4, 0.5) is 0 Å². The standard InChI is InChI=1S/C10H12N2O3/c1-4-5-8-7(6-11-2)9(13)12(3)10(14)15-8/h4-6H,1-3H3/b5-4-,11-6?. The number of nitrogens with zero attached hydrogens (tertiary/aromatic N) is 2. The molecule has 0 unspecified atom stereocenters. The van der Waals surface area contributed by atoms with Crippen LogP contribution in [-0.4, -0.2) is 17.8 Å². The summed E-state index contributed by atoms with van der Waals surface area (Å²) in [6, 6.07) is 0. The van der Waals surface area contributed by atoms with Gasteiger partial charge in [-0.3, -0.25) is 9.79 Å². The lowest BCUT2D eigenvalue weighted by molar-refractivity contribution is 0.433. The average Bonchev–Trinajstić information content (AvgIpc) is 2.21. The van der Waals surface area contributed by atoms with Crippen LogP contribution >= 0.6 is 0 Å². The molecule has 0 radical (unpaired) electrons. The molecule has 5 nitrogen and oxygen atoms in total. The number of rotatable bonds is 2. The third kappa shape index (κ3) is 2.12. The van der Waals surface area contributed by atoms with Gasteiger partial charge in [0.05, 0.1) is 0 Å². The minimum Gasteiger partial charge on any atom is -0.409 e. The Morgan fingerprint density at radius 3 is 2.60 bits per heavy atom. The summed E-state index contributed by atoms with van der Waals surface area (Å²) >= 11 is 0. The molecule has 1 aromatic rings. The van der Waals surface area contributed by atoms with Gasteiger partial charge in [-0.15, -0.1) is 0 Å². The van der Waals surface area contributed by atoms with E-state index in [-0.39, 0.29) is 11.3 Å². The van der Waals surface area contributed by atoms with E-state index in [1.807, 2.05) is 0 Å². The molecule has 1 rings (SSSR count). The largest absolute Gasteiger partial charge is 0.422 e. The Kier molecular flexibility index (Phi) is 3.38. The topological polar surface area (TPSA) is 64.6 Å². The monoisotopic (exact) mass is 208 g/mol. The molecule has 80 valence electrons. The predicted molar refractivity (Wildman–Crippen MR) is 58.4 cm³/mol. The Bertz CT molecular complexity index is 520. The van der Waals surface area contributed by atoms with E-state index >= 15 is 0 Å². The van der Waals surface area contributed by atoms with Gasteiger partial charge in [-0.2, -0.15) is 0 Å². The van der Waals surface area contributed by atoms with Crippen molar-refractivity contribution in [3.05, 3.63) is 38.3 Å². The van der Waals surface area contributed by atoms with Crippen molar-refractivity contribution in [1.29, 1.82) is 0 Å². The Morgan fingerprint density at radius 1 is 1.40 bits per heavy atom. The fraction of sp³-hybridized carbons (Fsp3) is 0.300. The second kappa shape index (κ2) is 4.54. The molecule has 5 heteroatoms. The summed E-state index contributed by atoms with van der Waals surface area (Å²) in [4.78, 5) is 26.6. The van der Waals surface area contributed by atoms with Crippen molar-refractivity contribution in [3.63, 3.8) is 0 Å². The minimum atomic E-state index is -0.679. The summed E-state index contributed by atoms with van der Waals surface area (Å²) in [6.07, 6.45) is 4.62. The van der Waals surface area contributed by atoms with Crippen LogP contribution in [0.3, 0.4) is 0 Å². The molecule has 0 aliphatic carbocycles. The first-order chi connectivity index (χ1) is 7.11. The zero-order valence-electron chi connectivity index (χ0n) is 8.85. The maximum Gasteiger partial charge on any atom is 0.422 e. The Balaban J connectivity index is 3.65. The molecule has 1 aromatic heterocycles. The summed E-state index contributed by atoms with van der Waals surface area (Å²) in [5.74, 6) is -0.447. The van der Waals surface area contributed by atoms with Gasteiger partial charge in [-0.25, -0.2) is 9.36 Å². The maximum atomic E-state index is 11.7. The highest BCUT2D eigenvalue weighted by Gasteiger charge is 2.09. The molecular weight excluding hydrogens is 196 g/mol. The Labute approximate surface area is 86.4 Å². The molecule has 0 spiro atoms. The number of hydrogen-bond donors (Lipinski definition) is 0. The lowest BCUT2D eigenvalue weighted by Crippen LogP contribution is -2.33. The van der Waals surface area contributed by atoms with Crippen molar-refractivity contribution in [2.45, 2.75) is 6.92 Å². The maximum absolute atomic E-state index is 11.7. The van der Waals surface area contributed by atoms with E-state index in [1.54, 1.807) is 26.1 Å². The van der Waals surface area contributed by atoms with E-state index in [4.69, 9.17) is 4.42 Å². The molecule has 1 heterocycles. The van der Waals surface area contributed by atoms with Gasteiger partial charge in [0, 0.05) is 20.3 Å². The first-order valence-corrected chi connectivity index (χ1v) is 4.40. The normalized spacial score (nSPS) is 11.7. The van der Waals surface area contributed by atoms with Crippen LogP contribution < -0.4 is 11.3 Å². The summed E-state index contributed by atoms with van der Waals surface area (Å²) in [7, 11) is 2.91. The summed E-state index contributed by atoms with van der Waals surface area (Å²) in [6.45, 7) is 1.77. The molecule has 0 saturated heterocycles. The molecule has 0 aliphatic heterocycles. The van der Waals surface area contributed by atoms with Crippen LogP contribution in [-0.2, 0) is 7.05 Å². The van der Waals surface area contributed by atoms with Gasteiger partial charge in [0.1, 0.15) is 11.3 Å². The molecule has 0 aliphatic rings. The van der Waals surface area contributed by atoms with Crippen molar-refractivity contribution in [2.75, 3.05) is 7.05 Å². The zero-order valence-corrected chi connectivity index (χ0v) is 8.85. The van der Waals surface area contributed by atoms with E-state index < -0.39 is 11.3 Å². The van der Waals surface area contributed by atoms with Gasteiger partial charge in [0.25, 0.3) is 5.56 Å². The molecule has 0 aromatic carbocycles. The molecule has 0 bridgehead atoms. The van der Waals surface area contributed by atoms with Crippen LogP contribution in [0.2, 0.25) is 0 Å².